The van der Waals surface area contributed by atoms with E-state index in [1.807, 2.05) is 12.1 Å². The van der Waals surface area contributed by atoms with Crippen LogP contribution in [0.15, 0.2) is 24.3 Å². The van der Waals surface area contributed by atoms with Crippen LogP contribution in [0.2, 0.25) is 0 Å². The smallest absolute Gasteiger partial charge is 0.118 e. The highest BCUT2D eigenvalue weighted by atomic mass is 16.5. The molecule has 1 N–H and O–H groups in total. The molecule has 0 heterocycles. The van der Waals surface area contributed by atoms with E-state index in [2.05, 4.69) is 24.4 Å². The third-order valence-corrected chi connectivity index (χ3v) is 2.96. The molecule has 0 saturated carbocycles. The number of methoxy groups -OCH3 is 2. The van der Waals surface area contributed by atoms with Gasteiger partial charge in [0.15, 0.2) is 0 Å². The highest BCUT2D eigenvalue weighted by molar-refractivity contribution is 5.28. The summed E-state index contributed by atoms with van der Waals surface area (Å²) in [6, 6.07) is 8.49. The van der Waals surface area contributed by atoms with Crippen molar-refractivity contribution in [3.05, 3.63) is 29.8 Å². The van der Waals surface area contributed by atoms with Crippen LogP contribution in [0.5, 0.6) is 5.75 Å². The normalized spacial score (nSPS) is 12.4. The van der Waals surface area contributed by atoms with Crippen LogP contribution in [0.4, 0.5) is 0 Å². The number of hydrogen-bond acceptors (Lipinski definition) is 4. The summed E-state index contributed by atoms with van der Waals surface area (Å²) in [6.07, 6.45) is 1.00. The lowest BCUT2D eigenvalue weighted by Gasteiger charge is -2.14. The van der Waals surface area contributed by atoms with Gasteiger partial charge in [0.2, 0.25) is 0 Å². The van der Waals surface area contributed by atoms with Crippen LogP contribution < -0.4 is 10.1 Å². The summed E-state index contributed by atoms with van der Waals surface area (Å²) in [4.78, 5) is 0. The topological polar surface area (TPSA) is 39.7 Å². The third kappa shape index (κ3) is 6.57. The molecule has 1 aromatic rings. The van der Waals surface area contributed by atoms with Crippen LogP contribution in [0.25, 0.3) is 0 Å². The first-order valence-electron chi connectivity index (χ1n) is 6.72. The summed E-state index contributed by atoms with van der Waals surface area (Å²) in [5, 5.41) is 3.48. The van der Waals surface area contributed by atoms with Gasteiger partial charge in [0.1, 0.15) is 5.75 Å². The van der Waals surface area contributed by atoms with Crippen molar-refractivity contribution in [1.29, 1.82) is 0 Å². The van der Waals surface area contributed by atoms with Crippen LogP contribution in [0.3, 0.4) is 0 Å². The molecule has 0 spiro atoms. The minimum atomic E-state index is 0.338. The molecule has 0 aliphatic heterocycles. The highest BCUT2D eigenvalue weighted by Crippen LogP contribution is 2.16. The van der Waals surface area contributed by atoms with Gasteiger partial charge in [-0.25, -0.2) is 0 Å². The Hall–Kier alpha value is -1.10. The van der Waals surface area contributed by atoms with E-state index < -0.39 is 0 Å². The highest BCUT2D eigenvalue weighted by Gasteiger charge is 2.04. The fourth-order valence-electron chi connectivity index (χ4n) is 1.75. The van der Waals surface area contributed by atoms with E-state index >= 15 is 0 Å². The van der Waals surface area contributed by atoms with Gasteiger partial charge in [0.05, 0.1) is 20.3 Å². The Balaban J connectivity index is 2.14. The Morgan fingerprint density at radius 2 is 1.79 bits per heavy atom. The molecule has 108 valence electrons. The molecule has 1 rings (SSSR count). The summed E-state index contributed by atoms with van der Waals surface area (Å²) in [5.74, 6) is 0.891. The lowest BCUT2D eigenvalue weighted by molar-refractivity contribution is 0.0693. The molecule has 0 bridgehead atoms. The van der Waals surface area contributed by atoms with Crippen LogP contribution in [-0.2, 0) is 9.47 Å². The molecular formula is C15H25NO3. The second kappa shape index (κ2) is 9.78. The van der Waals surface area contributed by atoms with E-state index in [1.54, 1.807) is 14.2 Å². The molecule has 0 radical (unpaired) electrons. The van der Waals surface area contributed by atoms with Gasteiger partial charge >= 0.3 is 0 Å². The van der Waals surface area contributed by atoms with Crippen LogP contribution in [-0.4, -0.2) is 40.6 Å². The average molecular weight is 267 g/mol. The first kappa shape index (κ1) is 16.0. The lowest BCUT2D eigenvalue weighted by Crippen LogP contribution is -2.21. The van der Waals surface area contributed by atoms with Crippen molar-refractivity contribution >= 4 is 0 Å². The van der Waals surface area contributed by atoms with Crippen molar-refractivity contribution in [3.63, 3.8) is 0 Å². The van der Waals surface area contributed by atoms with Gasteiger partial charge in [0.25, 0.3) is 0 Å². The second-order valence-electron chi connectivity index (χ2n) is 4.41. The molecule has 0 aromatic heterocycles. The molecule has 0 saturated heterocycles. The minimum absolute atomic E-state index is 0.338. The molecule has 0 aliphatic carbocycles. The molecule has 1 atom stereocenters. The quantitative estimate of drug-likeness (QED) is 0.661. The summed E-state index contributed by atoms with van der Waals surface area (Å²) >= 11 is 0. The van der Waals surface area contributed by atoms with E-state index in [0.29, 0.717) is 19.3 Å². The Morgan fingerprint density at radius 1 is 1.05 bits per heavy atom. The predicted molar refractivity (Wildman–Crippen MR) is 76.7 cm³/mol. The number of nitrogens with one attached hydrogen (secondary N) is 1. The summed E-state index contributed by atoms with van der Waals surface area (Å²) < 4.78 is 15.5. The van der Waals surface area contributed by atoms with Gasteiger partial charge in [0, 0.05) is 19.8 Å². The molecule has 0 fully saturated rings. The zero-order valence-corrected chi connectivity index (χ0v) is 12.1. The monoisotopic (exact) mass is 267 g/mol. The van der Waals surface area contributed by atoms with E-state index in [-0.39, 0.29) is 0 Å². The Labute approximate surface area is 116 Å². The molecule has 0 amide bonds. The average Bonchev–Trinajstić information content (AvgIpc) is 2.46. The zero-order valence-electron chi connectivity index (χ0n) is 12.1. The third-order valence-electron chi connectivity index (χ3n) is 2.96. The Kier molecular flexibility index (Phi) is 8.21. The molecule has 0 unspecified atom stereocenters. The van der Waals surface area contributed by atoms with Crippen molar-refractivity contribution < 1.29 is 14.2 Å². The minimum Gasteiger partial charge on any atom is -0.497 e. The van der Waals surface area contributed by atoms with Crippen LogP contribution in [0.1, 0.15) is 24.9 Å². The maximum absolute atomic E-state index is 5.41. The second-order valence-corrected chi connectivity index (χ2v) is 4.41. The summed E-state index contributed by atoms with van der Waals surface area (Å²) in [6.45, 7) is 5.21. The van der Waals surface area contributed by atoms with E-state index in [1.165, 1.54) is 5.56 Å². The Bertz CT molecular complexity index is 327. The van der Waals surface area contributed by atoms with E-state index in [0.717, 1.165) is 25.3 Å². The van der Waals surface area contributed by atoms with Crippen molar-refractivity contribution in [3.8, 4) is 5.75 Å². The molecular weight excluding hydrogens is 242 g/mol. The fraction of sp³-hybridized carbons (Fsp3) is 0.600. The Morgan fingerprint density at radius 3 is 2.42 bits per heavy atom. The number of ether oxygens (including phenoxy) is 3. The molecule has 4 heteroatoms. The largest absolute Gasteiger partial charge is 0.497 e. The first-order valence-corrected chi connectivity index (χ1v) is 6.72. The SMILES string of the molecule is COCCOCCCN[C@@H](C)c1ccc(OC)cc1. The molecule has 1 aromatic carbocycles. The van der Waals surface area contributed by atoms with Gasteiger partial charge in [-0.05, 0) is 37.6 Å². The maximum Gasteiger partial charge on any atom is 0.118 e. The number of rotatable bonds is 10. The molecule has 4 nitrogen and oxygen atoms in total. The van der Waals surface area contributed by atoms with Crippen molar-refractivity contribution in [2.75, 3.05) is 40.6 Å². The van der Waals surface area contributed by atoms with E-state index in [4.69, 9.17) is 14.2 Å². The fourth-order valence-corrected chi connectivity index (χ4v) is 1.75. The summed E-state index contributed by atoms with van der Waals surface area (Å²) in [7, 11) is 3.36. The van der Waals surface area contributed by atoms with Gasteiger partial charge in [-0.2, -0.15) is 0 Å². The van der Waals surface area contributed by atoms with Crippen molar-refractivity contribution in [1.82, 2.24) is 5.32 Å². The van der Waals surface area contributed by atoms with Gasteiger partial charge in [-0.15, -0.1) is 0 Å². The molecule has 0 aliphatic rings. The number of hydrogen-bond donors (Lipinski definition) is 1. The van der Waals surface area contributed by atoms with Crippen LogP contribution >= 0.6 is 0 Å². The van der Waals surface area contributed by atoms with Gasteiger partial charge < -0.3 is 19.5 Å². The van der Waals surface area contributed by atoms with Crippen molar-refractivity contribution in [2.45, 2.75) is 19.4 Å². The lowest BCUT2D eigenvalue weighted by atomic mass is 10.1. The van der Waals surface area contributed by atoms with Crippen molar-refractivity contribution in [2.24, 2.45) is 0 Å². The predicted octanol–water partition coefficient (Wildman–Crippen LogP) is 2.40. The number of benzene rings is 1. The standard InChI is InChI=1S/C15H25NO3/c1-13(14-5-7-15(18-3)8-6-14)16-9-4-10-19-12-11-17-2/h5-8,13,16H,4,9-12H2,1-3H3/t13-/m0/s1. The first-order chi connectivity index (χ1) is 9.27. The van der Waals surface area contributed by atoms with Gasteiger partial charge in [-0.1, -0.05) is 12.1 Å². The summed E-state index contributed by atoms with van der Waals surface area (Å²) in [5.41, 5.74) is 1.26. The van der Waals surface area contributed by atoms with Gasteiger partial charge in [-0.3, -0.25) is 0 Å². The zero-order chi connectivity index (χ0) is 13.9. The maximum atomic E-state index is 5.41. The van der Waals surface area contributed by atoms with E-state index in [9.17, 15) is 0 Å². The molecule has 19 heavy (non-hydrogen) atoms. The van der Waals surface area contributed by atoms with Crippen LogP contribution in [0, 0.1) is 0 Å².